The first kappa shape index (κ1) is 25.4. The van der Waals surface area contributed by atoms with Crippen molar-refractivity contribution in [3.05, 3.63) is 28.8 Å². The number of aliphatic imine (C=N–C) groups is 1. The zero-order valence-corrected chi connectivity index (χ0v) is 20.2. The number of ether oxygens (including phenoxy) is 2. The maximum Gasteiger partial charge on any atom is 0.387 e. The van der Waals surface area contributed by atoms with Gasteiger partial charge in [0.05, 0.1) is 6.61 Å². The number of halogens is 4. The van der Waals surface area contributed by atoms with E-state index < -0.39 is 6.61 Å². The third-order valence-electron chi connectivity index (χ3n) is 5.38. The van der Waals surface area contributed by atoms with Gasteiger partial charge in [0.25, 0.3) is 0 Å². The first-order valence-corrected chi connectivity index (χ1v) is 10.4. The highest BCUT2D eigenvalue weighted by Gasteiger charge is 2.24. The first-order chi connectivity index (χ1) is 14.0. The van der Waals surface area contributed by atoms with Crippen molar-refractivity contribution in [2.24, 2.45) is 10.9 Å². The number of nitrogens with one attached hydrogen (secondary N) is 2. The van der Waals surface area contributed by atoms with Gasteiger partial charge in [-0.05, 0) is 43.4 Å². The summed E-state index contributed by atoms with van der Waals surface area (Å²) in [7, 11) is 1.69. The third-order valence-corrected chi connectivity index (χ3v) is 5.61. The number of piperidine rings is 1. The topological polar surface area (TPSA) is 58.1 Å². The van der Waals surface area contributed by atoms with E-state index in [2.05, 4.69) is 25.3 Å². The monoisotopic (exact) mass is 558 g/mol. The van der Waals surface area contributed by atoms with Crippen molar-refractivity contribution in [1.29, 1.82) is 0 Å². The summed E-state index contributed by atoms with van der Waals surface area (Å²) in [6.45, 7) is 2.38. The van der Waals surface area contributed by atoms with Gasteiger partial charge < -0.3 is 25.0 Å². The predicted octanol–water partition coefficient (Wildman–Crippen LogP) is 3.73. The summed E-state index contributed by atoms with van der Waals surface area (Å²) in [4.78, 5) is 6.76. The van der Waals surface area contributed by atoms with Crippen LogP contribution >= 0.6 is 35.6 Å². The lowest BCUT2D eigenvalue weighted by Crippen LogP contribution is -2.49. The Morgan fingerprint density at radius 1 is 1.33 bits per heavy atom. The third kappa shape index (κ3) is 7.97. The van der Waals surface area contributed by atoms with Gasteiger partial charge in [0.2, 0.25) is 0 Å². The summed E-state index contributed by atoms with van der Waals surface area (Å²) in [6.07, 6.45) is 3.23. The molecule has 1 aromatic carbocycles. The average molecular weight is 559 g/mol. The second kappa shape index (κ2) is 12.8. The fraction of sp³-hybridized carbons (Fsp3) is 0.650. The Hall–Kier alpha value is -0.910. The van der Waals surface area contributed by atoms with Gasteiger partial charge in [-0.2, -0.15) is 8.78 Å². The minimum Gasteiger partial charge on any atom is -0.434 e. The Balaban J connectivity index is 0.00000320. The van der Waals surface area contributed by atoms with Crippen LogP contribution in [0.3, 0.4) is 0 Å². The molecule has 170 valence electrons. The Labute approximate surface area is 198 Å². The van der Waals surface area contributed by atoms with E-state index in [1.165, 1.54) is 12.1 Å². The van der Waals surface area contributed by atoms with Crippen LogP contribution in [0.2, 0.25) is 5.02 Å². The largest absolute Gasteiger partial charge is 0.434 e. The summed E-state index contributed by atoms with van der Waals surface area (Å²) in [5, 5.41) is 7.06. The number of guanidine groups is 1. The maximum atomic E-state index is 12.6. The van der Waals surface area contributed by atoms with Crippen LogP contribution in [0.1, 0.15) is 24.8 Å². The molecule has 0 radical (unpaired) electrons. The molecule has 0 aliphatic carbocycles. The van der Waals surface area contributed by atoms with Crippen molar-refractivity contribution in [1.82, 2.24) is 15.5 Å². The Morgan fingerprint density at radius 2 is 2.10 bits per heavy atom. The first-order valence-electron chi connectivity index (χ1n) is 10.0. The average Bonchev–Trinajstić information content (AvgIpc) is 3.21. The van der Waals surface area contributed by atoms with E-state index in [0.717, 1.165) is 52.1 Å². The second-order valence-electron chi connectivity index (χ2n) is 7.51. The number of benzene rings is 1. The van der Waals surface area contributed by atoms with Gasteiger partial charge in [0.1, 0.15) is 5.75 Å². The van der Waals surface area contributed by atoms with Gasteiger partial charge in [-0.15, -0.1) is 24.0 Å². The molecule has 0 spiro atoms. The van der Waals surface area contributed by atoms with Crippen molar-refractivity contribution >= 4 is 41.5 Å². The van der Waals surface area contributed by atoms with E-state index in [1.807, 2.05) is 0 Å². The molecular formula is C20H30ClF2IN4O2. The van der Waals surface area contributed by atoms with E-state index in [1.54, 1.807) is 13.1 Å². The fourth-order valence-electron chi connectivity index (χ4n) is 3.82. The van der Waals surface area contributed by atoms with Gasteiger partial charge in [-0.3, -0.25) is 4.99 Å². The smallest absolute Gasteiger partial charge is 0.387 e. The lowest BCUT2D eigenvalue weighted by Gasteiger charge is -2.34. The minimum atomic E-state index is -2.88. The summed E-state index contributed by atoms with van der Waals surface area (Å²) in [5.74, 6) is 1.41. The molecule has 0 bridgehead atoms. The highest BCUT2D eigenvalue weighted by Crippen LogP contribution is 2.24. The summed E-state index contributed by atoms with van der Waals surface area (Å²) >= 11 is 6.00. The van der Waals surface area contributed by atoms with E-state index in [0.29, 0.717) is 28.5 Å². The fourth-order valence-corrected chi connectivity index (χ4v) is 4.01. The molecule has 2 fully saturated rings. The van der Waals surface area contributed by atoms with E-state index in [4.69, 9.17) is 16.3 Å². The highest BCUT2D eigenvalue weighted by atomic mass is 127. The Morgan fingerprint density at radius 3 is 2.73 bits per heavy atom. The molecule has 0 amide bonds. The van der Waals surface area contributed by atoms with Crippen LogP contribution in [0.4, 0.5) is 8.78 Å². The molecule has 10 heteroatoms. The van der Waals surface area contributed by atoms with E-state index in [9.17, 15) is 8.78 Å². The van der Waals surface area contributed by atoms with Crippen LogP contribution in [0.15, 0.2) is 23.2 Å². The number of alkyl halides is 2. The van der Waals surface area contributed by atoms with Crippen LogP contribution in [-0.2, 0) is 11.3 Å². The zero-order valence-electron chi connectivity index (χ0n) is 17.1. The highest BCUT2D eigenvalue weighted by molar-refractivity contribution is 14.0. The molecule has 1 aromatic rings. The molecule has 2 heterocycles. The van der Waals surface area contributed by atoms with Crippen LogP contribution in [-0.4, -0.2) is 63.4 Å². The predicted molar refractivity (Wildman–Crippen MR) is 125 cm³/mol. The van der Waals surface area contributed by atoms with Gasteiger partial charge in [0, 0.05) is 56.5 Å². The maximum absolute atomic E-state index is 12.6. The molecule has 3 rings (SSSR count). The number of hydrogen-bond donors (Lipinski definition) is 2. The molecular weight excluding hydrogens is 529 g/mol. The van der Waals surface area contributed by atoms with Crippen LogP contribution in [0.5, 0.6) is 5.75 Å². The van der Waals surface area contributed by atoms with Crippen molar-refractivity contribution in [3.8, 4) is 5.75 Å². The number of nitrogens with zero attached hydrogens (tertiary/aromatic N) is 2. The Kier molecular flexibility index (Phi) is 10.8. The molecule has 2 saturated heterocycles. The molecule has 6 nitrogen and oxygen atoms in total. The van der Waals surface area contributed by atoms with Gasteiger partial charge in [-0.25, -0.2) is 0 Å². The Bertz CT molecular complexity index is 685. The SMILES string of the molecule is CN=C(NCc1cc(Cl)ccc1OC(F)F)NC1CCN(CC2CCOC2)CC1.I. The molecule has 1 unspecified atom stereocenters. The van der Waals surface area contributed by atoms with Crippen molar-refractivity contribution in [2.75, 3.05) is 39.9 Å². The lowest BCUT2D eigenvalue weighted by atomic mass is 10.0. The summed E-state index contributed by atoms with van der Waals surface area (Å²) in [5.41, 5.74) is 0.550. The summed E-state index contributed by atoms with van der Waals surface area (Å²) < 4.78 is 35.3. The zero-order chi connectivity index (χ0) is 20.6. The molecule has 1 atom stereocenters. The molecule has 2 aliphatic rings. The summed E-state index contributed by atoms with van der Waals surface area (Å²) in [6, 6.07) is 4.92. The van der Waals surface area contributed by atoms with Crippen molar-refractivity contribution in [3.63, 3.8) is 0 Å². The second-order valence-corrected chi connectivity index (χ2v) is 7.94. The minimum absolute atomic E-state index is 0. The molecule has 0 aromatic heterocycles. The van der Waals surface area contributed by atoms with Gasteiger partial charge in [-0.1, -0.05) is 11.6 Å². The van der Waals surface area contributed by atoms with Crippen LogP contribution in [0.25, 0.3) is 0 Å². The molecule has 0 saturated carbocycles. The van der Waals surface area contributed by atoms with Crippen molar-refractivity contribution < 1.29 is 18.3 Å². The van der Waals surface area contributed by atoms with Gasteiger partial charge >= 0.3 is 6.61 Å². The van der Waals surface area contributed by atoms with Crippen molar-refractivity contribution in [2.45, 2.75) is 38.5 Å². The van der Waals surface area contributed by atoms with E-state index in [-0.39, 0.29) is 36.3 Å². The number of rotatable bonds is 7. The molecule has 30 heavy (non-hydrogen) atoms. The van der Waals surface area contributed by atoms with Crippen LogP contribution in [0, 0.1) is 5.92 Å². The lowest BCUT2D eigenvalue weighted by molar-refractivity contribution is -0.0504. The quantitative estimate of drug-likeness (QED) is 0.304. The molecule has 2 aliphatic heterocycles. The molecule has 2 N–H and O–H groups in total. The van der Waals surface area contributed by atoms with Crippen LogP contribution < -0.4 is 15.4 Å². The normalized spacial score (nSPS) is 20.8. The van der Waals surface area contributed by atoms with Gasteiger partial charge in [0.15, 0.2) is 5.96 Å². The number of hydrogen-bond acceptors (Lipinski definition) is 4. The van der Waals surface area contributed by atoms with E-state index >= 15 is 0 Å². The standard InChI is InChI=1S/C20H29ClF2N4O2.HI/c1-24-20(25-11-15-10-16(21)2-3-18(15)29-19(22)23)26-17-4-7-27(8-5-17)12-14-6-9-28-13-14;/h2-3,10,14,17,19H,4-9,11-13H2,1H3,(H2,24,25,26);1H. The number of likely N-dealkylation sites (tertiary alicyclic amines) is 1.